The van der Waals surface area contributed by atoms with Crippen LogP contribution in [0, 0.1) is 0 Å². The summed E-state index contributed by atoms with van der Waals surface area (Å²) in [5, 5.41) is 0. The molecule has 0 aliphatic carbocycles. The van der Waals surface area contributed by atoms with Crippen molar-refractivity contribution < 1.29 is 58.1 Å². The van der Waals surface area contributed by atoms with Crippen molar-refractivity contribution in [1.82, 2.24) is 0 Å². The molecule has 0 aromatic heterocycles. The van der Waals surface area contributed by atoms with Gasteiger partial charge in [-0.05, 0) is 0 Å². The molecule has 0 aromatic rings. The van der Waals surface area contributed by atoms with Crippen LogP contribution in [0.2, 0.25) is 0 Å². The summed E-state index contributed by atoms with van der Waals surface area (Å²) in [4.78, 5) is 21.6. The van der Waals surface area contributed by atoms with Crippen molar-refractivity contribution in [3.05, 3.63) is 0 Å². The van der Waals surface area contributed by atoms with Crippen LogP contribution in [-0.2, 0) is 43.5 Å². The van der Waals surface area contributed by atoms with Gasteiger partial charge in [0.25, 0.3) is 0 Å². The Labute approximate surface area is 84.4 Å². The second-order valence-electron chi connectivity index (χ2n) is 0.513. The van der Waals surface area contributed by atoms with Crippen LogP contribution in [0.4, 0.5) is 0 Å². The molecule has 0 unspecified atom stereocenters. The van der Waals surface area contributed by atoms with Crippen LogP contribution in [0.25, 0.3) is 0 Å². The van der Waals surface area contributed by atoms with E-state index in [0.29, 0.717) is 0 Å². The first-order chi connectivity index (χ1) is 3.00. The summed E-state index contributed by atoms with van der Waals surface area (Å²) in [5.41, 5.74) is 0. The van der Waals surface area contributed by atoms with E-state index in [1.807, 2.05) is 0 Å². The number of hydrogen-bond donors (Lipinski definition) is 3. The van der Waals surface area contributed by atoms with Crippen molar-refractivity contribution in [1.29, 1.82) is 0 Å². The van der Waals surface area contributed by atoms with Gasteiger partial charge in [-0.3, -0.25) is 0 Å². The third-order valence-electron chi connectivity index (χ3n) is 0. The first-order valence-corrected chi connectivity index (χ1v) is 3.85. The Morgan fingerprint density at radius 3 is 1.11 bits per heavy atom. The minimum atomic E-state index is -4.64. The van der Waals surface area contributed by atoms with E-state index < -0.39 is 7.82 Å². The third kappa shape index (κ3) is 207. The van der Waals surface area contributed by atoms with Crippen LogP contribution in [-0.4, -0.2) is 33.5 Å². The summed E-state index contributed by atoms with van der Waals surface area (Å²) in [6.07, 6.45) is 0. The molecule has 9 heteroatoms. The monoisotopic (exact) mass is 242 g/mol. The zero-order valence-electron chi connectivity index (χ0n) is 3.67. The molecule has 0 amide bonds. The van der Waals surface area contributed by atoms with E-state index >= 15 is 0 Å². The maximum absolute atomic E-state index is 8.88. The second-order valence-corrected chi connectivity index (χ2v) is 1.54. The average Bonchev–Trinajstić information content (AvgIpc) is 1.36. The molecule has 0 rings (SSSR count). The topological polar surface area (TPSA) is 94.8 Å². The van der Waals surface area contributed by atoms with E-state index in [9.17, 15) is 0 Å². The molecule has 0 heterocycles. The van der Waals surface area contributed by atoms with E-state index in [2.05, 4.69) is 0 Å². The SMILES string of the molecule is O=P(O)(O)O.[Fe].[LiH].[O]=[Zn]. The molecule has 0 atom stereocenters. The Bertz CT molecular complexity index is 72.8. The van der Waals surface area contributed by atoms with Crippen LogP contribution < -0.4 is 0 Å². The molecule has 0 spiro atoms. The van der Waals surface area contributed by atoms with Crippen molar-refractivity contribution in [3.63, 3.8) is 0 Å². The van der Waals surface area contributed by atoms with Crippen LogP contribution in [0.15, 0.2) is 0 Å². The molecule has 0 aromatic carbocycles. The van der Waals surface area contributed by atoms with Crippen molar-refractivity contribution in [2.24, 2.45) is 0 Å². The third-order valence-corrected chi connectivity index (χ3v) is 0. The molecule has 0 saturated heterocycles. The molecular weight excluding hydrogens is 239 g/mol. The Morgan fingerprint density at radius 2 is 1.11 bits per heavy atom. The van der Waals surface area contributed by atoms with E-state index in [-0.39, 0.29) is 54.2 Å². The Balaban J connectivity index is -0.0000000286. The van der Waals surface area contributed by atoms with Gasteiger partial charge in [0.2, 0.25) is 0 Å². The van der Waals surface area contributed by atoms with Gasteiger partial charge in [-0.1, -0.05) is 0 Å². The van der Waals surface area contributed by atoms with E-state index in [1.54, 1.807) is 0 Å². The fraction of sp³-hybridized carbons (Fsp3) is 0. The van der Waals surface area contributed by atoms with E-state index in [0.717, 1.165) is 0 Å². The average molecular weight is 243 g/mol. The summed E-state index contributed by atoms with van der Waals surface area (Å²) in [6.45, 7) is 0. The van der Waals surface area contributed by atoms with Gasteiger partial charge in [0.05, 0.1) is 0 Å². The fourth-order valence-corrected chi connectivity index (χ4v) is 0. The van der Waals surface area contributed by atoms with E-state index in [1.165, 1.54) is 0 Å². The quantitative estimate of drug-likeness (QED) is 0.348. The van der Waals surface area contributed by atoms with Gasteiger partial charge in [-0.15, -0.1) is 0 Å². The summed E-state index contributed by atoms with van der Waals surface area (Å²) in [6, 6.07) is 0. The van der Waals surface area contributed by atoms with Crippen molar-refractivity contribution >= 4 is 26.7 Å². The zero-order chi connectivity index (χ0) is 6.50. The summed E-state index contributed by atoms with van der Waals surface area (Å²) < 4.78 is 17.3. The van der Waals surface area contributed by atoms with Crippen LogP contribution >= 0.6 is 7.82 Å². The normalized spacial score (nSPS) is 7.22. The van der Waals surface area contributed by atoms with Crippen LogP contribution in [0.5, 0.6) is 0 Å². The second kappa shape index (κ2) is 12.3. The first kappa shape index (κ1) is 22.4. The van der Waals surface area contributed by atoms with Crippen molar-refractivity contribution in [3.8, 4) is 0 Å². The minimum absolute atomic E-state index is 0. The maximum atomic E-state index is 8.88. The molecule has 0 saturated carbocycles. The summed E-state index contributed by atoms with van der Waals surface area (Å²) in [5.74, 6) is 0. The van der Waals surface area contributed by atoms with E-state index in [4.69, 9.17) is 22.8 Å². The fourth-order valence-electron chi connectivity index (χ4n) is 0. The molecule has 5 nitrogen and oxygen atoms in total. The molecule has 0 bridgehead atoms. The molecule has 3 N–H and O–H groups in total. The molecular formula is H4FeLiO5PZn. The van der Waals surface area contributed by atoms with Gasteiger partial charge in [0.15, 0.2) is 0 Å². The predicted octanol–water partition coefficient (Wildman–Crippen LogP) is -1.70. The predicted molar refractivity (Wildman–Crippen MR) is 22.1 cm³/mol. The summed E-state index contributed by atoms with van der Waals surface area (Å²) in [7, 11) is -4.64. The standard InChI is InChI=1S/Fe.Li.H3O4P.O.Zn.H/c;;1-5(2,3)4;;;/h;;(H3,1,2,3,4);;;. The van der Waals surface area contributed by atoms with Crippen molar-refractivity contribution in [2.75, 3.05) is 0 Å². The molecule has 0 fully saturated rings. The van der Waals surface area contributed by atoms with Gasteiger partial charge in [0, 0.05) is 17.1 Å². The van der Waals surface area contributed by atoms with Gasteiger partial charge in [-0.25, -0.2) is 4.57 Å². The Hall–Kier alpha value is 1.65. The van der Waals surface area contributed by atoms with Crippen LogP contribution in [0.1, 0.15) is 0 Å². The van der Waals surface area contributed by atoms with Gasteiger partial charge >= 0.3 is 48.5 Å². The summed E-state index contributed by atoms with van der Waals surface area (Å²) >= 11 is 0.125. The molecule has 9 heavy (non-hydrogen) atoms. The van der Waals surface area contributed by atoms with Crippen LogP contribution in [0.3, 0.4) is 0 Å². The number of phosphoric acid groups is 1. The molecule has 0 radical (unpaired) electrons. The number of hydrogen-bond acceptors (Lipinski definition) is 2. The molecule has 0 aliphatic rings. The van der Waals surface area contributed by atoms with Gasteiger partial charge < -0.3 is 14.7 Å². The zero-order valence-corrected chi connectivity index (χ0v) is 8.63. The van der Waals surface area contributed by atoms with Gasteiger partial charge in [-0.2, -0.15) is 0 Å². The molecule has 50 valence electrons. The Morgan fingerprint density at radius 1 is 1.11 bits per heavy atom. The molecule has 0 aliphatic heterocycles. The van der Waals surface area contributed by atoms with Crippen molar-refractivity contribution in [2.45, 2.75) is 0 Å². The first-order valence-electron chi connectivity index (χ1n) is 1.07. The Kier molecular flexibility index (Phi) is 30.7. The van der Waals surface area contributed by atoms with Gasteiger partial charge in [0.1, 0.15) is 0 Å². The number of rotatable bonds is 0.